The summed E-state index contributed by atoms with van der Waals surface area (Å²) < 4.78 is 0. The topological polar surface area (TPSA) is 57.5 Å². The smallest absolute Gasteiger partial charge is 0.303 e. The van der Waals surface area contributed by atoms with Crippen molar-refractivity contribution in [3.63, 3.8) is 0 Å². The summed E-state index contributed by atoms with van der Waals surface area (Å²) in [7, 11) is 0. The van der Waals surface area contributed by atoms with Gasteiger partial charge in [0, 0.05) is 6.42 Å². The minimum atomic E-state index is -0.660. The summed E-state index contributed by atoms with van der Waals surface area (Å²) in [5.41, 5.74) is 2.52. The first-order valence-corrected chi connectivity index (χ1v) is 12.5. The van der Waals surface area contributed by atoms with Crippen molar-refractivity contribution in [3.05, 3.63) is 11.6 Å². The van der Waals surface area contributed by atoms with Gasteiger partial charge >= 0.3 is 5.97 Å². The molecule has 8 atom stereocenters. The van der Waals surface area contributed by atoms with Crippen LogP contribution in [0.25, 0.3) is 0 Å². The molecule has 4 rings (SSSR count). The fourth-order valence-electron chi connectivity index (χ4n) is 9.22. The SMILES string of the molecule is CC(CCC(=O)O)C1CCC2(C)C3CCC4C(C)(CCC(O)C4(C)C)C3=CCC12C. The Labute approximate surface area is 183 Å². The standard InChI is InChI=1S/C27H44O3/c1-17(7-10-23(29)30)18-11-15-27(6)20-8-9-21-24(2,3)22(28)13-14-25(21,4)19(20)12-16-26(18,27)5/h12,17-18,20-22,28H,7-11,13-16H2,1-6H3,(H,29,30). The molecule has 0 saturated heterocycles. The predicted molar refractivity (Wildman–Crippen MR) is 121 cm³/mol. The Balaban J connectivity index is 1.66. The van der Waals surface area contributed by atoms with E-state index in [4.69, 9.17) is 0 Å². The number of aliphatic hydroxyl groups is 1. The van der Waals surface area contributed by atoms with Gasteiger partial charge < -0.3 is 10.2 Å². The number of rotatable bonds is 4. The second-order valence-corrected chi connectivity index (χ2v) is 12.7. The predicted octanol–water partition coefficient (Wildman–Crippen LogP) is 6.45. The average molecular weight is 417 g/mol. The molecule has 170 valence electrons. The average Bonchev–Trinajstić information content (AvgIpc) is 2.95. The molecule has 4 aliphatic carbocycles. The summed E-state index contributed by atoms with van der Waals surface area (Å²) in [5.74, 6) is 1.65. The van der Waals surface area contributed by atoms with Crippen LogP contribution in [0.15, 0.2) is 11.6 Å². The number of hydrogen-bond acceptors (Lipinski definition) is 2. The Morgan fingerprint density at radius 1 is 1.07 bits per heavy atom. The molecule has 0 aromatic heterocycles. The fraction of sp³-hybridized carbons (Fsp3) is 0.889. The number of carboxylic acid groups (broad SMARTS) is 1. The molecular formula is C27H44O3. The molecule has 3 fully saturated rings. The Bertz CT molecular complexity index is 738. The van der Waals surface area contributed by atoms with E-state index >= 15 is 0 Å². The number of aliphatic hydroxyl groups excluding tert-OH is 1. The van der Waals surface area contributed by atoms with Crippen molar-refractivity contribution in [3.8, 4) is 0 Å². The van der Waals surface area contributed by atoms with Crippen molar-refractivity contribution in [2.45, 2.75) is 105 Å². The Hall–Kier alpha value is -0.830. The van der Waals surface area contributed by atoms with E-state index in [1.807, 2.05) is 0 Å². The van der Waals surface area contributed by atoms with Crippen molar-refractivity contribution in [2.24, 2.45) is 45.3 Å². The van der Waals surface area contributed by atoms with E-state index in [2.05, 4.69) is 47.6 Å². The number of allylic oxidation sites excluding steroid dienone is 2. The maximum atomic E-state index is 11.1. The van der Waals surface area contributed by atoms with Gasteiger partial charge in [-0.05, 0) is 96.7 Å². The number of aliphatic carboxylic acids is 1. The van der Waals surface area contributed by atoms with Crippen molar-refractivity contribution < 1.29 is 15.0 Å². The minimum Gasteiger partial charge on any atom is -0.481 e. The van der Waals surface area contributed by atoms with Gasteiger partial charge in [0.25, 0.3) is 0 Å². The zero-order chi connectivity index (χ0) is 22.1. The van der Waals surface area contributed by atoms with E-state index in [1.54, 1.807) is 5.57 Å². The summed E-state index contributed by atoms with van der Waals surface area (Å²) >= 11 is 0. The quantitative estimate of drug-likeness (QED) is 0.518. The Morgan fingerprint density at radius 2 is 1.77 bits per heavy atom. The third-order valence-corrected chi connectivity index (χ3v) is 11.4. The lowest BCUT2D eigenvalue weighted by Crippen LogP contribution is -2.57. The molecule has 0 amide bonds. The molecule has 0 heterocycles. The van der Waals surface area contributed by atoms with Crippen LogP contribution in [0.2, 0.25) is 0 Å². The highest BCUT2D eigenvalue weighted by molar-refractivity contribution is 5.66. The van der Waals surface area contributed by atoms with Gasteiger partial charge in [-0.2, -0.15) is 0 Å². The second kappa shape index (κ2) is 7.09. The third kappa shape index (κ3) is 2.90. The van der Waals surface area contributed by atoms with Crippen molar-refractivity contribution in [1.82, 2.24) is 0 Å². The molecule has 0 aromatic rings. The van der Waals surface area contributed by atoms with Crippen LogP contribution in [0, 0.1) is 45.3 Å². The van der Waals surface area contributed by atoms with E-state index in [0.29, 0.717) is 35.5 Å². The number of fused-ring (bicyclic) bond motifs is 5. The first-order valence-electron chi connectivity index (χ1n) is 12.5. The lowest BCUT2D eigenvalue weighted by Gasteiger charge is -2.64. The molecule has 3 saturated carbocycles. The largest absolute Gasteiger partial charge is 0.481 e. The van der Waals surface area contributed by atoms with Crippen LogP contribution in [-0.2, 0) is 4.79 Å². The summed E-state index contributed by atoms with van der Waals surface area (Å²) in [6.45, 7) is 14.5. The van der Waals surface area contributed by atoms with Crippen LogP contribution in [0.4, 0.5) is 0 Å². The zero-order valence-electron chi connectivity index (χ0n) is 20.1. The molecule has 30 heavy (non-hydrogen) atoms. The Kier molecular flexibility index (Phi) is 5.28. The zero-order valence-corrected chi connectivity index (χ0v) is 20.1. The van der Waals surface area contributed by atoms with E-state index in [0.717, 1.165) is 25.7 Å². The van der Waals surface area contributed by atoms with Gasteiger partial charge in [-0.1, -0.05) is 53.2 Å². The molecule has 2 N–H and O–H groups in total. The third-order valence-electron chi connectivity index (χ3n) is 11.4. The van der Waals surface area contributed by atoms with Crippen molar-refractivity contribution in [1.29, 1.82) is 0 Å². The van der Waals surface area contributed by atoms with Gasteiger partial charge in [0.2, 0.25) is 0 Å². The normalized spacial score (nSPS) is 48.2. The lowest BCUT2D eigenvalue weighted by atomic mass is 9.41. The van der Waals surface area contributed by atoms with Crippen LogP contribution in [0.5, 0.6) is 0 Å². The minimum absolute atomic E-state index is 0.00990. The van der Waals surface area contributed by atoms with Crippen molar-refractivity contribution >= 4 is 5.97 Å². The van der Waals surface area contributed by atoms with Crippen LogP contribution in [0.1, 0.15) is 99.3 Å². The maximum absolute atomic E-state index is 11.1. The molecule has 3 heteroatoms. The highest BCUT2D eigenvalue weighted by Gasteiger charge is 2.65. The van der Waals surface area contributed by atoms with Crippen molar-refractivity contribution in [2.75, 3.05) is 0 Å². The van der Waals surface area contributed by atoms with Gasteiger partial charge in [-0.15, -0.1) is 0 Å². The van der Waals surface area contributed by atoms with Gasteiger partial charge in [-0.3, -0.25) is 4.79 Å². The molecule has 4 aliphatic rings. The first kappa shape index (κ1) is 22.4. The maximum Gasteiger partial charge on any atom is 0.303 e. The molecule has 0 radical (unpaired) electrons. The second-order valence-electron chi connectivity index (χ2n) is 12.7. The van der Waals surface area contributed by atoms with Crippen LogP contribution < -0.4 is 0 Å². The molecule has 0 aromatic carbocycles. The summed E-state index contributed by atoms with van der Waals surface area (Å²) in [6, 6.07) is 0. The fourth-order valence-corrected chi connectivity index (χ4v) is 9.22. The van der Waals surface area contributed by atoms with E-state index in [9.17, 15) is 15.0 Å². The Morgan fingerprint density at radius 3 is 2.43 bits per heavy atom. The van der Waals surface area contributed by atoms with Crippen LogP contribution in [0.3, 0.4) is 0 Å². The summed E-state index contributed by atoms with van der Waals surface area (Å²) in [6.07, 6.45) is 11.8. The van der Waals surface area contributed by atoms with E-state index in [1.165, 1.54) is 25.7 Å². The molecule has 0 bridgehead atoms. The summed E-state index contributed by atoms with van der Waals surface area (Å²) in [5, 5.41) is 19.9. The summed E-state index contributed by atoms with van der Waals surface area (Å²) in [4.78, 5) is 11.1. The van der Waals surface area contributed by atoms with E-state index in [-0.39, 0.29) is 22.3 Å². The van der Waals surface area contributed by atoms with Gasteiger partial charge in [0.05, 0.1) is 6.10 Å². The molecule has 0 aliphatic heterocycles. The molecule has 0 spiro atoms. The number of carboxylic acids is 1. The van der Waals surface area contributed by atoms with Crippen LogP contribution >= 0.6 is 0 Å². The van der Waals surface area contributed by atoms with Crippen LogP contribution in [-0.4, -0.2) is 22.3 Å². The van der Waals surface area contributed by atoms with Gasteiger partial charge in [0.1, 0.15) is 0 Å². The highest BCUT2D eigenvalue weighted by atomic mass is 16.4. The first-order chi connectivity index (χ1) is 13.9. The lowest BCUT2D eigenvalue weighted by molar-refractivity contribution is -0.137. The van der Waals surface area contributed by atoms with Gasteiger partial charge in [-0.25, -0.2) is 0 Å². The monoisotopic (exact) mass is 416 g/mol. The number of carbonyl (C=O) groups is 1. The molecule has 8 unspecified atom stereocenters. The molecular weight excluding hydrogens is 372 g/mol. The number of hydrogen-bond donors (Lipinski definition) is 2. The van der Waals surface area contributed by atoms with Gasteiger partial charge in [0.15, 0.2) is 0 Å². The highest BCUT2D eigenvalue weighted by Crippen LogP contribution is 2.73. The van der Waals surface area contributed by atoms with E-state index < -0.39 is 5.97 Å². The molecule has 3 nitrogen and oxygen atoms in total.